The summed E-state index contributed by atoms with van der Waals surface area (Å²) in [6, 6.07) is 12.1. The van der Waals surface area contributed by atoms with Crippen molar-refractivity contribution < 1.29 is 30.8 Å². The zero-order chi connectivity index (χ0) is 22.8. The Morgan fingerprint density at radius 1 is 0.903 bits per heavy atom. The van der Waals surface area contributed by atoms with Gasteiger partial charge in [-0.3, -0.25) is 9.52 Å². The lowest BCUT2D eigenvalue weighted by Crippen LogP contribution is -2.16. The number of benzene rings is 3. The van der Waals surface area contributed by atoms with E-state index >= 15 is 0 Å². The highest BCUT2D eigenvalue weighted by atomic mass is 35.5. The van der Waals surface area contributed by atoms with Crippen molar-refractivity contribution in [2.75, 3.05) is 10.0 Å². The first-order valence-corrected chi connectivity index (χ1v) is 10.4. The first kappa shape index (κ1) is 22.6. The van der Waals surface area contributed by atoms with Crippen LogP contribution in [0.15, 0.2) is 71.6 Å². The maximum atomic E-state index is 13.2. The minimum Gasteiger partial charge on any atom is -0.322 e. The van der Waals surface area contributed by atoms with Gasteiger partial charge in [-0.15, -0.1) is 0 Å². The molecule has 0 unspecified atom stereocenters. The summed E-state index contributed by atoms with van der Waals surface area (Å²) < 4.78 is 79.0. The van der Waals surface area contributed by atoms with Crippen LogP contribution in [0.5, 0.6) is 0 Å². The molecule has 0 saturated carbocycles. The molecule has 0 saturated heterocycles. The van der Waals surface area contributed by atoms with Crippen LogP contribution < -0.4 is 10.0 Å². The van der Waals surface area contributed by atoms with Crippen LogP contribution in [0.4, 0.5) is 28.9 Å². The number of rotatable bonds is 5. The predicted molar refractivity (Wildman–Crippen MR) is 108 cm³/mol. The van der Waals surface area contributed by atoms with Gasteiger partial charge in [-0.05, 0) is 54.6 Å². The number of carbonyl (C=O) groups excluding carboxylic acids is 1. The Labute approximate surface area is 179 Å². The highest BCUT2D eigenvalue weighted by Crippen LogP contribution is 2.31. The first-order chi connectivity index (χ1) is 14.5. The average Bonchev–Trinajstić information content (AvgIpc) is 2.70. The van der Waals surface area contributed by atoms with Gasteiger partial charge in [0.2, 0.25) is 0 Å². The lowest BCUT2D eigenvalue weighted by Gasteiger charge is -2.12. The normalized spacial score (nSPS) is 11.8. The highest BCUT2D eigenvalue weighted by Gasteiger charge is 2.30. The van der Waals surface area contributed by atoms with Gasteiger partial charge in [-0.2, -0.15) is 13.2 Å². The van der Waals surface area contributed by atoms with E-state index in [0.717, 1.165) is 24.3 Å². The van der Waals surface area contributed by atoms with E-state index in [1.165, 1.54) is 36.4 Å². The minimum absolute atomic E-state index is 0.0487. The minimum atomic E-state index is -4.64. The second-order valence-electron chi connectivity index (χ2n) is 6.29. The van der Waals surface area contributed by atoms with Crippen molar-refractivity contribution in [1.29, 1.82) is 0 Å². The van der Waals surface area contributed by atoms with Gasteiger partial charge in [0.05, 0.1) is 15.5 Å². The molecule has 0 aliphatic heterocycles. The van der Waals surface area contributed by atoms with Crippen molar-refractivity contribution in [1.82, 2.24) is 0 Å². The average molecular weight is 473 g/mol. The Morgan fingerprint density at radius 2 is 1.61 bits per heavy atom. The van der Waals surface area contributed by atoms with Crippen LogP contribution >= 0.6 is 11.6 Å². The number of alkyl halides is 3. The lowest BCUT2D eigenvalue weighted by atomic mass is 10.2. The summed E-state index contributed by atoms with van der Waals surface area (Å²) in [4.78, 5) is 12.1. The smallest absolute Gasteiger partial charge is 0.322 e. The fourth-order valence-corrected chi connectivity index (χ4v) is 3.83. The standard InChI is InChI=1S/C20H13ClF4N2O3S/c21-17-11-14(7-8-18(17)22)26-19(28)12-3-1-6-16(9-12)31(29,30)27-15-5-2-4-13(10-15)20(23,24)25/h1-11,27H,(H,26,28). The number of carbonyl (C=O) groups is 1. The summed E-state index contributed by atoms with van der Waals surface area (Å²) >= 11 is 5.66. The van der Waals surface area contributed by atoms with Gasteiger partial charge in [0.25, 0.3) is 15.9 Å². The molecule has 0 radical (unpaired) electrons. The van der Waals surface area contributed by atoms with Crippen molar-refractivity contribution >= 4 is 38.9 Å². The van der Waals surface area contributed by atoms with Crippen LogP contribution in [-0.4, -0.2) is 14.3 Å². The summed E-state index contributed by atoms with van der Waals surface area (Å²) in [5.74, 6) is -1.37. The molecular formula is C20H13ClF4N2O3S. The summed E-state index contributed by atoms with van der Waals surface area (Å²) in [5.41, 5.74) is -1.16. The molecule has 3 aromatic rings. The van der Waals surface area contributed by atoms with Crippen molar-refractivity contribution in [2.24, 2.45) is 0 Å². The molecule has 0 aliphatic carbocycles. The van der Waals surface area contributed by atoms with Crippen LogP contribution in [-0.2, 0) is 16.2 Å². The molecule has 0 atom stereocenters. The molecule has 3 rings (SSSR count). The number of halogens is 5. The van der Waals surface area contributed by atoms with E-state index in [1.807, 2.05) is 0 Å². The Kier molecular flexibility index (Phi) is 6.23. The molecular weight excluding hydrogens is 460 g/mol. The fraction of sp³-hybridized carbons (Fsp3) is 0.0500. The summed E-state index contributed by atoms with van der Waals surface area (Å²) in [6.07, 6.45) is -4.64. The van der Waals surface area contributed by atoms with Gasteiger partial charge < -0.3 is 5.32 Å². The molecule has 1 amide bonds. The number of anilines is 2. The number of sulfonamides is 1. The van der Waals surface area contributed by atoms with E-state index in [-0.39, 0.29) is 26.9 Å². The maximum Gasteiger partial charge on any atom is 0.416 e. The molecule has 0 fully saturated rings. The Hall–Kier alpha value is -3.11. The summed E-state index contributed by atoms with van der Waals surface area (Å²) in [7, 11) is -4.28. The molecule has 0 heterocycles. The van der Waals surface area contributed by atoms with E-state index in [4.69, 9.17) is 11.6 Å². The van der Waals surface area contributed by atoms with E-state index in [0.29, 0.717) is 6.07 Å². The van der Waals surface area contributed by atoms with E-state index in [9.17, 15) is 30.8 Å². The summed E-state index contributed by atoms with van der Waals surface area (Å²) in [6.45, 7) is 0. The number of amides is 1. The van der Waals surface area contributed by atoms with Crippen LogP contribution in [0.25, 0.3) is 0 Å². The number of nitrogens with one attached hydrogen (secondary N) is 2. The van der Waals surface area contributed by atoms with Gasteiger partial charge in [-0.25, -0.2) is 12.8 Å². The Balaban J connectivity index is 1.83. The van der Waals surface area contributed by atoms with Gasteiger partial charge in [-0.1, -0.05) is 23.7 Å². The van der Waals surface area contributed by atoms with E-state index in [2.05, 4.69) is 10.0 Å². The molecule has 31 heavy (non-hydrogen) atoms. The SMILES string of the molecule is O=C(Nc1ccc(F)c(Cl)c1)c1cccc(S(=O)(=O)Nc2cccc(C(F)(F)F)c2)c1. The largest absolute Gasteiger partial charge is 0.416 e. The lowest BCUT2D eigenvalue weighted by molar-refractivity contribution is -0.137. The molecule has 0 aliphatic rings. The molecule has 5 nitrogen and oxygen atoms in total. The van der Waals surface area contributed by atoms with Gasteiger partial charge in [0, 0.05) is 16.9 Å². The summed E-state index contributed by atoms with van der Waals surface area (Å²) in [5, 5.41) is 2.24. The Morgan fingerprint density at radius 3 is 2.29 bits per heavy atom. The third-order valence-corrected chi connectivity index (χ3v) is 5.69. The second kappa shape index (κ2) is 8.56. The zero-order valence-electron chi connectivity index (χ0n) is 15.4. The Bertz CT molecular complexity index is 1250. The van der Waals surface area contributed by atoms with Gasteiger partial charge >= 0.3 is 6.18 Å². The van der Waals surface area contributed by atoms with Crippen LogP contribution in [0.1, 0.15) is 15.9 Å². The molecule has 0 spiro atoms. The monoisotopic (exact) mass is 472 g/mol. The zero-order valence-corrected chi connectivity index (χ0v) is 16.9. The molecule has 162 valence electrons. The third-order valence-electron chi connectivity index (χ3n) is 4.03. The fourth-order valence-electron chi connectivity index (χ4n) is 2.55. The van der Waals surface area contributed by atoms with Crippen molar-refractivity contribution in [2.45, 2.75) is 11.1 Å². The van der Waals surface area contributed by atoms with Crippen LogP contribution in [0.3, 0.4) is 0 Å². The quantitative estimate of drug-likeness (QED) is 0.478. The van der Waals surface area contributed by atoms with Crippen molar-refractivity contribution in [3.8, 4) is 0 Å². The van der Waals surface area contributed by atoms with Gasteiger partial charge in [0.1, 0.15) is 5.82 Å². The number of hydrogen-bond donors (Lipinski definition) is 2. The van der Waals surface area contributed by atoms with Gasteiger partial charge in [0.15, 0.2) is 0 Å². The van der Waals surface area contributed by atoms with Crippen LogP contribution in [0, 0.1) is 5.82 Å². The van der Waals surface area contributed by atoms with Crippen molar-refractivity contribution in [3.63, 3.8) is 0 Å². The van der Waals surface area contributed by atoms with Crippen molar-refractivity contribution in [3.05, 3.63) is 88.7 Å². The molecule has 0 aromatic heterocycles. The second-order valence-corrected chi connectivity index (χ2v) is 8.38. The van der Waals surface area contributed by atoms with Crippen LogP contribution in [0.2, 0.25) is 5.02 Å². The molecule has 3 aromatic carbocycles. The first-order valence-electron chi connectivity index (χ1n) is 8.52. The molecule has 2 N–H and O–H groups in total. The third kappa shape index (κ3) is 5.53. The molecule has 0 bridgehead atoms. The number of hydrogen-bond acceptors (Lipinski definition) is 3. The molecule has 11 heteroatoms. The highest BCUT2D eigenvalue weighted by molar-refractivity contribution is 7.92. The topological polar surface area (TPSA) is 75.3 Å². The van der Waals surface area contributed by atoms with E-state index in [1.54, 1.807) is 0 Å². The maximum absolute atomic E-state index is 13.2. The van der Waals surface area contributed by atoms with E-state index < -0.39 is 33.5 Å². The predicted octanol–water partition coefficient (Wildman–Crippen LogP) is 5.55.